The minimum Gasteiger partial charge on any atom is -0.491 e. The van der Waals surface area contributed by atoms with Gasteiger partial charge >= 0.3 is 6.18 Å². The molecule has 0 fully saturated rings. The molecular formula is C27H32ClF3N2O4S. The second kappa shape index (κ2) is 14.3. The highest BCUT2D eigenvalue weighted by Crippen LogP contribution is 2.33. The average Bonchev–Trinajstić information content (AvgIpc) is 3.38. The molecule has 3 aromatic rings. The quantitative estimate of drug-likeness (QED) is 0.233. The molecule has 2 N–H and O–H groups in total. The Bertz CT molecular complexity index is 1130. The first-order valence-corrected chi connectivity index (χ1v) is 13.5. The maximum Gasteiger partial charge on any atom is 0.443 e. The standard InChI is InChI=1S/C27H32ClF3N2O4S/c1-3-36-11-12-37-22-9-7-19(8-10-22)13-18(2)33(15-24(34)20-5-4-6-21(28)14-20)16-25(35)23-17-38-26(32-23)27(29,30)31/h4-10,14,17-18,24-25,34-35H,3,11-13,15-16H2,1-2H3. The number of alkyl halides is 3. The molecule has 0 aliphatic heterocycles. The summed E-state index contributed by atoms with van der Waals surface area (Å²) in [5.41, 5.74) is 1.55. The van der Waals surface area contributed by atoms with Crippen molar-refractivity contribution in [1.29, 1.82) is 0 Å². The van der Waals surface area contributed by atoms with Crippen molar-refractivity contribution in [1.82, 2.24) is 9.88 Å². The Balaban J connectivity index is 1.72. The van der Waals surface area contributed by atoms with Crippen molar-refractivity contribution < 1.29 is 32.9 Å². The van der Waals surface area contributed by atoms with E-state index in [2.05, 4.69) is 4.98 Å². The van der Waals surface area contributed by atoms with Crippen LogP contribution in [-0.2, 0) is 17.3 Å². The molecule has 6 nitrogen and oxygen atoms in total. The van der Waals surface area contributed by atoms with Gasteiger partial charge in [-0.25, -0.2) is 4.98 Å². The summed E-state index contributed by atoms with van der Waals surface area (Å²) in [6.45, 7) is 5.55. The molecule has 3 atom stereocenters. The normalized spacial score (nSPS) is 14.4. The predicted molar refractivity (Wildman–Crippen MR) is 142 cm³/mol. The molecule has 3 rings (SSSR count). The smallest absolute Gasteiger partial charge is 0.443 e. The molecule has 208 valence electrons. The van der Waals surface area contributed by atoms with E-state index in [0.29, 0.717) is 53.9 Å². The summed E-state index contributed by atoms with van der Waals surface area (Å²) in [6.07, 6.45) is -6.20. The molecule has 38 heavy (non-hydrogen) atoms. The number of ether oxygens (including phenoxy) is 2. The fraction of sp³-hybridized carbons (Fsp3) is 0.444. The van der Waals surface area contributed by atoms with E-state index in [1.807, 2.05) is 43.0 Å². The van der Waals surface area contributed by atoms with Crippen LogP contribution in [0.5, 0.6) is 5.75 Å². The third-order valence-corrected chi connectivity index (χ3v) is 7.07. The summed E-state index contributed by atoms with van der Waals surface area (Å²) < 4.78 is 50.0. The molecule has 0 spiro atoms. The monoisotopic (exact) mass is 572 g/mol. The summed E-state index contributed by atoms with van der Waals surface area (Å²) in [5, 5.41) is 22.4. The molecule has 0 radical (unpaired) electrons. The number of hydrogen-bond donors (Lipinski definition) is 2. The fourth-order valence-electron chi connectivity index (χ4n) is 3.92. The van der Waals surface area contributed by atoms with E-state index in [1.165, 1.54) is 5.38 Å². The highest BCUT2D eigenvalue weighted by molar-refractivity contribution is 7.09. The topological polar surface area (TPSA) is 75.1 Å². The molecule has 0 aliphatic rings. The van der Waals surface area contributed by atoms with E-state index < -0.39 is 23.4 Å². The molecule has 1 heterocycles. The second-order valence-electron chi connectivity index (χ2n) is 8.86. The third-order valence-electron chi connectivity index (χ3n) is 5.93. The summed E-state index contributed by atoms with van der Waals surface area (Å²) in [6, 6.07) is 14.3. The lowest BCUT2D eigenvalue weighted by molar-refractivity contribution is -0.137. The van der Waals surface area contributed by atoms with Gasteiger partial charge in [0.25, 0.3) is 0 Å². The van der Waals surface area contributed by atoms with E-state index in [-0.39, 0.29) is 24.8 Å². The summed E-state index contributed by atoms with van der Waals surface area (Å²) in [7, 11) is 0. The molecule has 0 amide bonds. The number of benzene rings is 2. The van der Waals surface area contributed by atoms with Gasteiger partial charge in [0.2, 0.25) is 0 Å². The summed E-state index contributed by atoms with van der Waals surface area (Å²) in [4.78, 5) is 5.43. The van der Waals surface area contributed by atoms with Crippen molar-refractivity contribution in [2.75, 3.05) is 32.9 Å². The largest absolute Gasteiger partial charge is 0.491 e. The number of nitrogens with zero attached hydrogens (tertiary/aromatic N) is 2. The van der Waals surface area contributed by atoms with E-state index in [0.717, 1.165) is 5.56 Å². The number of rotatable bonds is 14. The van der Waals surface area contributed by atoms with Gasteiger partial charge in [-0.2, -0.15) is 13.2 Å². The predicted octanol–water partition coefficient (Wildman–Crippen LogP) is 5.93. The molecule has 0 bridgehead atoms. The van der Waals surface area contributed by atoms with Crippen LogP contribution in [0.25, 0.3) is 0 Å². The zero-order valence-corrected chi connectivity index (χ0v) is 22.8. The van der Waals surface area contributed by atoms with Crippen LogP contribution < -0.4 is 4.74 Å². The van der Waals surface area contributed by atoms with Crippen LogP contribution in [0.3, 0.4) is 0 Å². The number of aliphatic hydroxyl groups excluding tert-OH is 2. The van der Waals surface area contributed by atoms with Gasteiger partial charge in [-0.15, -0.1) is 11.3 Å². The summed E-state index contributed by atoms with van der Waals surface area (Å²) in [5.74, 6) is 0.716. The van der Waals surface area contributed by atoms with Gasteiger partial charge in [0, 0.05) is 36.1 Å². The van der Waals surface area contributed by atoms with Gasteiger partial charge < -0.3 is 19.7 Å². The molecular weight excluding hydrogens is 541 g/mol. The Kier molecular flexibility index (Phi) is 11.4. The first kappa shape index (κ1) is 30.3. The van der Waals surface area contributed by atoms with E-state index in [1.54, 1.807) is 24.3 Å². The van der Waals surface area contributed by atoms with Crippen molar-refractivity contribution in [2.24, 2.45) is 0 Å². The van der Waals surface area contributed by atoms with Gasteiger partial charge in [-0.05, 0) is 55.7 Å². The number of halogens is 4. The lowest BCUT2D eigenvalue weighted by Gasteiger charge is -2.32. The minimum absolute atomic E-state index is 0.0154. The second-order valence-corrected chi connectivity index (χ2v) is 10.2. The first-order valence-electron chi connectivity index (χ1n) is 12.2. The molecule has 0 saturated heterocycles. The zero-order valence-electron chi connectivity index (χ0n) is 21.2. The van der Waals surface area contributed by atoms with Crippen LogP contribution in [0.4, 0.5) is 13.2 Å². The Hall–Kier alpha value is -2.21. The van der Waals surface area contributed by atoms with Gasteiger partial charge in [0.15, 0.2) is 5.01 Å². The van der Waals surface area contributed by atoms with Crippen LogP contribution >= 0.6 is 22.9 Å². The Labute approximate surface area is 229 Å². The number of hydrogen-bond acceptors (Lipinski definition) is 7. The van der Waals surface area contributed by atoms with Gasteiger partial charge in [-0.3, -0.25) is 4.90 Å². The number of aromatic nitrogens is 1. The molecule has 11 heteroatoms. The number of aliphatic hydroxyl groups is 2. The molecule has 0 aliphatic carbocycles. The maximum atomic E-state index is 13.0. The lowest BCUT2D eigenvalue weighted by atomic mass is 10.0. The lowest BCUT2D eigenvalue weighted by Crippen LogP contribution is -2.40. The summed E-state index contributed by atoms with van der Waals surface area (Å²) >= 11 is 6.52. The van der Waals surface area contributed by atoms with Crippen LogP contribution in [0.2, 0.25) is 5.02 Å². The van der Waals surface area contributed by atoms with Gasteiger partial charge in [-0.1, -0.05) is 35.9 Å². The molecule has 0 saturated carbocycles. The van der Waals surface area contributed by atoms with Crippen molar-refractivity contribution >= 4 is 22.9 Å². The van der Waals surface area contributed by atoms with E-state index in [9.17, 15) is 23.4 Å². The molecule has 1 aromatic heterocycles. The van der Waals surface area contributed by atoms with Crippen LogP contribution in [0, 0.1) is 0 Å². The average molecular weight is 573 g/mol. The van der Waals surface area contributed by atoms with Crippen LogP contribution in [-0.4, -0.2) is 59.0 Å². The maximum absolute atomic E-state index is 13.0. The van der Waals surface area contributed by atoms with Crippen LogP contribution in [0.1, 0.15) is 47.9 Å². The van der Waals surface area contributed by atoms with Crippen molar-refractivity contribution in [2.45, 2.75) is 44.7 Å². The number of thiazole rings is 1. The Morgan fingerprint density at radius 2 is 1.76 bits per heavy atom. The van der Waals surface area contributed by atoms with Gasteiger partial charge in [0.05, 0.1) is 18.4 Å². The van der Waals surface area contributed by atoms with Crippen LogP contribution in [0.15, 0.2) is 53.9 Å². The SMILES string of the molecule is CCOCCOc1ccc(CC(C)N(CC(O)c2cccc(Cl)c2)CC(O)c2csc(C(F)(F)F)n2)cc1. The minimum atomic E-state index is -4.57. The highest BCUT2D eigenvalue weighted by Gasteiger charge is 2.35. The van der Waals surface area contributed by atoms with E-state index >= 15 is 0 Å². The third kappa shape index (κ3) is 9.21. The van der Waals surface area contributed by atoms with E-state index in [4.69, 9.17) is 21.1 Å². The van der Waals surface area contributed by atoms with Gasteiger partial charge in [0.1, 0.15) is 18.5 Å². The van der Waals surface area contributed by atoms with Crippen molar-refractivity contribution in [3.63, 3.8) is 0 Å². The Morgan fingerprint density at radius 1 is 1.05 bits per heavy atom. The molecule has 3 unspecified atom stereocenters. The zero-order chi connectivity index (χ0) is 27.7. The highest BCUT2D eigenvalue weighted by atomic mass is 35.5. The fourth-order valence-corrected chi connectivity index (χ4v) is 4.85. The van der Waals surface area contributed by atoms with Crippen molar-refractivity contribution in [3.8, 4) is 5.75 Å². The first-order chi connectivity index (χ1) is 18.1. The molecule has 2 aromatic carbocycles. The van der Waals surface area contributed by atoms with Crippen molar-refractivity contribution in [3.05, 3.63) is 80.8 Å². The Morgan fingerprint density at radius 3 is 2.39 bits per heavy atom.